The highest BCUT2D eigenvalue weighted by atomic mass is 19.3. The molecule has 1 N–H and O–H groups in total. The number of nitrogens with one attached hydrogen (secondary N) is 1. The Hall–Kier alpha value is -0.750. The third-order valence-corrected chi connectivity index (χ3v) is 3.92. The molecule has 1 unspecified atom stereocenters. The van der Waals surface area contributed by atoms with Crippen molar-refractivity contribution in [1.82, 2.24) is 10.2 Å². The highest BCUT2D eigenvalue weighted by molar-refractivity contribution is 5.82. The van der Waals surface area contributed by atoms with Gasteiger partial charge in [-0.2, -0.15) is 0 Å². The second-order valence-corrected chi connectivity index (χ2v) is 5.97. The van der Waals surface area contributed by atoms with Crippen molar-refractivity contribution in [3.05, 3.63) is 0 Å². The van der Waals surface area contributed by atoms with Gasteiger partial charge in [-0.1, -0.05) is 0 Å². The molecule has 2 rings (SSSR count). The van der Waals surface area contributed by atoms with Gasteiger partial charge in [0.05, 0.1) is 13.2 Å². The van der Waals surface area contributed by atoms with Crippen molar-refractivity contribution in [2.45, 2.75) is 50.6 Å². The number of nitrogens with zero attached hydrogens (tertiary/aromatic N) is 1. The number of likely N-dealkylation sites (N-methyl/N-ethyl adjacent to an activating group) is 1. The lowest BCUT2D eigenvalue weighted by Crippen LogP contribution is -2.62. The van der Waals surface area contributed by atoms with E-state index in [1.54, 1.807) is 14.0 Å². The zero-order chi connectivity index (χ0) is 14.8. The average Bonchev–Trinajstić information content (AvgIpc) is 3.21. The number of carbonyl (C=O) groups is 1. The van der Waals surface area contributed by atoms with Gasteiger partial charge in [0, 0.05) is 12.6 Å². The van der Waals surface area contributed by atoms with Gasteiger partial charge < -0.3 is 4.74 Å². The summed E-state index contributed by atoms with van der Waals surface area (Å²) < 4.78 is 30.3. The van der Waals surface area contributed by atoms with Crippen LogP contribution in [0.5, 0.6) is 0 Å². The molecule has 0 bridgehead atoms. The Morgan fingerprint density at radius 1 is 1.40 bits per heavy atom. The molecule has 0 aromatic carbocycles. The fourth-order valence-corrected chi connectivity index (χ4v) is 2.74. The summed E-state index contributed by atoms with van der Waals surface area (Å²) >= 11 is 0. The molecule has 0 saturated heterocycles. The molecule has 2 fully saturated rings. The molecule has 2 aliphatic rings. The first kappa shape index (κ1) is 15.6. The molecule has 0 amide bonds. The SMILES string of the molecule is CCOC(=O)C(CN(C)CC(F)F)(NC1CC1)C1CC1. The fraction of sp³-hybridized carbons (Fsp3) is 0.929. The van der Waals surface area contributed by atoms with Gasteiger partial charge in [0.25, 0.3) is 6.43 Å². The molecule has 4 nitrogen and oxygen atoms in total. The summed E-state index contributed by atoms with van der Waals surface area (Å²) in [6.45, 7) is 2.06. The maximum Gasteiger partial charge on any atom is 0.327 e. The molecule has 6 heteroatoms. The Balaban J connectivity index is 2.09. The number of carbonyl (C=O) groups excluding carboxylic acids is 1. The predicted octanol–water partition coefficient (Wildman–Crippen LogP) is 1.65. The van der Waals surface area contributed by atoms with Crippen LogP contribution in [-0.2, 0) is 9.53 Å². The summed E-state index contributed by atoms with van der Waals surface area (Å²) in [6.07, 6.45) is 1.63. The van der Waals surface area contributed by atoms with Crippen molar-refractivity contribution in [2.75, 3.05) is 26.7 Å². The van der Waals surface area contributed by atoms with Crippen LogP contribution in [-0.4, -0.2) is 55.6 Å². The average molecular weight is 290 g/mol. The molecular weight excluding hydrogens is 266 g/mol. The summed E-state index contributed by atoms with van der Waals surface area (Å²) in [5.41, 5.74) is -0.805. The topological polar surface area (TPSA) is 41.6 Å². The molecular formula is C14H24F2N2O2. The number of esters is 1. The number of halogens is 2. The van der Waals surface area contributed by atoms with E-state index in [9.17, 15) is 13.6 Å². The van der Waals surface area contributed by atoms with E-state index in [1.165, 1.54) is 4.90 Å². The first-order valence-electron chi connectivity index (χ1n) is 7.39. The molecule has 116 valence electrons. The first-order chi connectivity index (χ1) is 9.48. The van der Waals surface area contributed by atoms with Gasteiger partial charge in [-0.15, -0.1) is 0 Å². The molecule has 1 atom stereocenters. The predicted molar refractivity (Wildman–Crippen MR) is 71.7 cm³/mol. The number of rotatable bonds is 9. The quantitative estimate of drug-likeness (QED) is 0.656. The van der Waals surface area contributed by atoms with Crippen LogP contribution in [0.3, 0.4) is 0 Å². The number of hydrogen-bond acceptors (Lipinski definition) is 4. The van der Waals surface area contributed by atoms with Crippen LogP contribution in [0.25, 0.3) is 0 Å². The van der Waals surface area contributed by atoms with Gasteiger partial charge in [-0.3, -0.25) is 10.2 Å². The highest BCUT2D eigenvalue weighted by Gasteiger charge is 2.54. The minimum absolute atomic E-state index is 0.210. The lowest BCUT2D eigenvalue weighted by molar-refractivity contribution is -0.153. The number of alkyl halides is 2. The zero-order valence-corrected chi connectivity index (χ0v) is 12.2. The van der Waals surface area contributed by atoms with E-state index in [1.807, 2.05) is 0 Å². The Kier molecular flexibility index (Phi) is 4.96. The van der Waals surface area contributed by atoms with Crippen LogP contribution in [0.2, 0.25) is 0 Å². The number of ether oxygens (including phenoxy) is 1. The van der Waals surface area contributed by atoms with Crippen molar-refractivity contribution in [3.63, 3.8) is 0 Å². The molecule has 20 heavy (non-hydrogen) atoms. The molecule has 0 aromatic heterocycles. The van der Waals surface area contributed by atoms with E-state index in [-0.39, 0.29) is 25.0 Å². The van der Waals surface area contributed by atoms with Crippen LogP contribution >= 0.6 is 0 Å². The Labute approximate surface area is 118 Å². The largest absolute Gasteiger partial charge is 0.465 e. The Morgan fingerprint density at radius 2 is 2.05 bits per heavy atom. The molecule has 2 aliphatic carbocycles. The molecule has 0 aromatic rings. The van der Waals surface area contributed by atoms with E-state index in [4.69, 9.17) is 4.74 Å². The van der Waals surface area contributed by atoms with Crippen LogP contribution < -0.4 is 5.32 Å². The second kappa shape index (κ2) is 6.35. The van der Waals surface area contributed by atoms with E-state index < -0.39 is 12.0 Å². The summed E-state index contributed by atoms with van der Waals surface area (Å²) in [4.78, 5) is 14.0. The van der Waals surface area contributed by atoms with Crippen LogP contribution in [0.15, 0.2) is 0 Å². The summed E-state index contributed by atoms with van der Waals surface area (Å²) in [5, 5.41) is 3.39. The monoisotopic (exact) mass is 290 g/mol. The first-order valence-corrected chi connectivity index (χ1v) is 7.39. The van der Waals surface area contributed by atoms with Gasteiger partial charge in [-0.25, -0.2) is 13.6 Å². The maximum absolute atomic E-state index is 12.5. The van der Waals surface area contributed by atoms with E-state index >= 15 is 0 Å². The molecule has 0 heterocycles. The summed E-state index contributed by atoms with van der Waals surface area (Å²) in [6, 6.07) is 0.333. The second-order valence-electron chi connectivity index (χ2n) is 5.97. The van der Waals surface area contributed by atoms with Crippen molar-refractivity contribution < 1.29 is 18.3 Å². The van der Waals surface area contributed by atoms with E-state index in [2.05, 4.69) is 5.32 Å². The summed E-state index contributed by atoms with van der Waals surface area (Å²) in [7, 11) is 1.64. The van der Waals surface area contributed by atoms with E-state index in [0.717, 1.165) is 25.7 Å². The van der Waals surface area contributed by atoms with Crippen molar-refractivity contribution in [1.29, 1.82) is 0 Å². The van der Waals surface area contributed by atoms with Crippen LogP contribution in [0.1, 0.15) is 32.6 Å². The van der Waals surface area contributed by atoms with Gasteiger partial charge in [0.15, 0.2) is 0 Å². The van der Waals surface area contributed by atoms with E-state index in [0.29, 0.717) is 12.6 Å². The van der Waals surface area contributed by atoms with Crippen molar-refractivity contribution in [2.24, 2.45) is 5.92 Å². The molecule has 2 saturated carbocycles. The normalized spacial score (nSPS) is 22.1. The van der Waals surface area contributed by atoms with Crippen molar-refractivity contribution in [3.8, 4) is 0 Å². The third kappa shape index (κ3) is 3.88. The highest BCUT2D eigenvalue weighted by Crippen LogP contribution is 2.42. The smallest absolute Gasteiger partial charge is 0.327 e. The Morgan fingerprint density at radius 3 is 2.50 bits per heavy atom. The standard InChI is InChI=1S/C14H24F2N2O2/c1-3-20-13(19)14(10-4-5-10,17-11-6-7-11)9-18(2)8-12(15)16/h10-12,17H,3-9H2,1-2H3. The molecule has 0 spiro atoms. The van der Waals surface area contributed by atoms with Crippen molar-refractivity contribution >= 4 is 5.97 Å². The third-order valence-electron chi connectivity index (χ3n) is 3.92. The van der Waals surface area contributed by atoms with Crippen LogP contribution in [0.4, 0.5) is 8.78 Å². The van der Waals surface area contributed by atoms with Gasteiger partial charge in [0.2, 0.25) is 0 Å². The molecule has 0 radical (unpaired) electrons. The van der Waals surface area contributed by atoms with Gasteiger partial charge in [-0.05, 0) is 45.6 Å². The Bertz CT molecular complexity index is 346. The molecule has 0 aliphatic heterocycles. The zero-order valence-electron chi connectivity index (χ0n) is 12.2. The minimum atomic E-state index is -2.39. The fourth-order valence-electron chi connectivity index (χ4n) is 2.74. The summed E-state index contributed by atoms with van der Waals surface area (Å²) in [5.74, 6) is -0.0715. The maximum atomic E-state index is 12.5. The van der Waals surface area contributed by atoms with Gasteiger partial charge in [0.1, 0.15) is 5.54 Å². The van der Waals surface area contributed by atoms with Gasteiger partial charge >= 0.3 is 5.97 Å². The lowest BCUT2D eigenvalue weighted by atomic mass is 9.92. The minimum Gasteiger partial charge on any atom is -0.465 e. The number of hydrogen-bond donors (Lipinski definition) is 1. The van der Waals surface area contributed by atoms with Crippen LogP contribution in [0, 0.1) is 5.92 Å². The lowest BCUT2D eigenvalue weighted by Gasteiger charge is -2.36.